The first-order valence-corrected chi connectivity index (χ1v) is 6.17. The number of methoxy groups -OCH3 is 1. The Bertz CT molecular complexity index is 394. The molecule has 0 aliphatic heterocycles. The zero-order valence-corrected chi connectivity index (χ0v) is 11.7. The van der Waals surface area contributed by atoms with Crippen LogP contribution in [0.1, 0.15) is 16.7 Å². The van der Waals surface area contributed by atoms with Crippen molar-refractivity contribution in [1.82, 2.24) is 4.90 Å². The molecule has 3 N–H and O–H groups in total. The van der Waals surface area contributed by atoms with Crippen molar-refractivity contribution in [2.24, 2.45) is 5.73 Å². The van der Waals surface area contributed by atoms with Gasteiger partial charge in [-0.25, -0.2) is 0 Å². The van der Waals surface area contributed by atoms with Crippen LogP contribution in [0.4, 0.5) is 0 Å². The molecule has 18 heavy (non-hydrogen) atoms. The predicted octanol–water partition coefficient (Wildman–Crippen LogP) is 1.06. The molecular weight excluding hydrogens is 228 g/mol. The molecular formula is C14H24N2O2. The van der Waals surface area contributed by atoms with Crippen molar-refractivity contribution in [3.05, 3.63) is 28.8 Å². The Hall–Kier alpha value is -1.10. The number of aliphatic hydroxyl groups excluding tert-OH is 1. The van der Waals surface area contributed by atoms with Crippen LogP contribution >= 0.6 is 0 Å². The SMILES string of the molecule is COc1cc(C)c(C)cc1CN(C)CC(N)CO. The molecule has 0 bridgehead atoms. The zero-order chi connectivity index (χ0) is 13.7. The summed E-state index contributed by atoms with van der Waals surface area (Å²) in [6, 6.07) is 4.01. The Labute approximate surface area is 109 Å². The Kier molecular flexibility index (Phi) is 5.59. The van der Waals surface area contributed by atoms with E-state index in [4.69, 9.17) is 15.6 Å². The number of hydrogen-bond donors (Lipinski definition) is 2. The number of rotatable bonds is 6. The molecule has 0 heterocycles. The molecule has 0 fully saturated rings. The highest BCUT2D eigenvalue weighted by molar-refractivity contribution is 5.41. The van der Waals surface area contributed by atoms with E-state index in [2.05, 4.69) is 30.9 Å². The van der Waals surface area contributed by atoms with Gasteiger partial charge >= 0.3 is 0 Å². The maximum Gasteiger partial charge on any atom is 0.123 e. The number of aryl methyl sites for hydroxylation is 2. The minimum Gasteiger partial charge on any atom is -0.496 e. The second-order valence-electron chi connectivity index (χ2n) is 4.89. The third-order valence-electron chi connectivity index (χ3n) is 3.12. The number of ether oxygens (including phenoxy) is 1. The summed E-state index contributed by atoms with van der Waals surface area (Å²) in [5.41, 5.74) is 9.36. The van der Waals surface area contributed by atoms with Crippen LogP contribution in [0.3, 0.4) is 0 Å². The molecule has 0 aromatic heterocycles. The van der Waals surface area contributed by atoms with Crippen LogP contribution in [0.5, 0.6) is 5.75 Å². The van der Waals surface area contributed by atoms with Crippen LogP contribution in [-0.2, 0) is 6.54 Å². The highest BCUT2D eigenvalue weighted by atomic mass is 16.5. The summed E-state index contributed by atoms with van der Waals surface area (Å²) < 4.78 is 5.41. The van der Waals surface area contributed by atoms with Crippen molar-refractivity contribution in [2.45, 2.75) is 26.4 Å². The molecule has 1 rings (SSSR count). The van der Waals surface area contributed by atoms with Crippen LogP contribution in [-0.4, -0.2) is 43.4 Å². The Morgan fingerprint density at radius 2 is 1.94 bits per heavy atom. The van der Waals surface area contributed by atoms with Crippen LogP contribution in [0.2, 0.25) is 0 Å². The van der Waals surface area contributed by atoms with E-state index >= 15 is 0 Å². The maximum atomic E-state index is 8.95. The molecule has 0 spiro atoms. The number of likely N-dealkylation sites (N-methyl/N-ethyl adjacent to an activating group) is 1. The first kappa shape index (κ1) is 15.0. The molecule has 4 heteroatoms. The summed E-state index contributed by atoms with van der Waals surface area (Å²) in [6.45, 7) is 5.60. The fraction of sp³-hybridized carbons (Fsp3) is 0.571. The lowest BCUT2D eigenvalue weighted by Crippen LogP contribution is -2.37. The van der Waals surface area contributed by atoms with Gasteiger partial charge < -0.3 is 20.5 Å². The summed E-state index contributed by atoms with van der Waals surface area (Å²) in [6.07, 6.45) is 0. The number of hydrogen-bond acceptors (Lipinski definition) is 4. The van der Waals surface area contributed by atoms with E-state index < -0.39 is 0 Å². The molecule has 0 amide bonds. The smallest absolute Gasteiger partial charge is 0.123 e. The molecule has 1 aromatic rings. The second-order valence-corrected chi connectivity index (χ2v) is 4.89. The van der Waals surface area contributed by atoms with Crippen molar-refractivity contribution in [3.8, 4) is 5.75 Å². The first-order chi connectivity index (χ1) is 8.47. The Morgan fingerprint density at radius 1 is 1.33 bits per heavy atom. The van der Waals surface area contributed by atoms with Gasteiger partial charge in [0.15, 0.2) is 0 Å². The Balaban J connectivity index is 2.80. The minimum absolute atomic E-state index is 0.00833. The van der Waals surface area contributed by atoms with Gasteiger partial charge in [0.05, 0.1) is 13.7 Å². The summed E-state index contributed by atoms with van der Waals surface area (Å²) in [5.74, 6) is 0.905. The molecule has 1 unspecified atom stereocenters. The van der Waals surface area contributed by atoms with Crippen molar-refractivity contribution < 1.29 is 9.84 Å². The first-order valence-electron chi connectivity index (χ1n) is 6.17. The van der Waals surface area contributed by atoms with E-state index in [9.17, 15) is 0 Å². The molecule has 0 saturated carbocycles. The van der Waals surface area contributed by atoms with E-state index in [0.29, 0.717) is 6.54 Å². The van der Waals surface area contributed by atoms with Gasteiger partial charge in [0.25, 0.3) is 0 Å². The summed E-state index contributed by atoms with van der Waals surface area (Å²) in [5, 5.41) is 8.95. The summed E-state index contributed by atoms with van der Waals surface area (Å²) >= 11 is 0. The summed E-state index contributed by atoms with van der Waals surface area (Å²) in [7, 11) is 3.68. The third-order valence-corrected chi connectivity index (χ3v) is 3.12. The fourth-order valence-electron chi connectivity index (χ4n) is 1.98. The lowest BCUT2D eigenvalue weighted by atomic mass is 10.0. The largest absolute Gasteiger partial charge is 0.496 e. The van der Waals surface area contributed by atoms with Crippen molar-refractivity contribution in [2.75, 3.05) is 27.3 Å². The molecule has 1 aromatic carbocycles. The third kappa shape index (κ3) is 3.98. The predicted molar refractivity (Wildman–Crippen MR) is 73.9 cm³/mol. The van der Waals surface area contributed by atoms with E-state index in [1.807, 2.05) is 7.05 Å². The van der Waals surface area contributed by atoms with Gasteiger partial charge in [-0.1, -0.05) is 6.07 Å². The van der Waals surface area contributed by atoms with Crippen molar-refractivity contribution in [3.63, 3.8) is 0 Å². The number of nitrogens with zero attached hydrogens (tertiary/aromatic N) is 1. The zero-order valence-electron chi connectivity index (χ0n) is 11.7. The highest BCUT2D eigenvalue weighted by Gasteiger charge is 2.11. The molecule has 0 radical (unpaired) electrons. The lowest BCUT2D eigenvalue weighted by molar-refractivity contribution is 0.217. The van der Waals surface area contributed by atoms with Crippen LogP contribution in [0.15, 0.2) is 12.1 Å². The van der Waals surface area contributed by atoms with Gasteiger partial charge in [0.1, 0.15) is 5.75 Å². The van der Waals surface area contributed by atoms with Crippen LogP contribution in [0.25, 0.3) is 0 Å². The maximum absolute atomic E-state index is 8.95. The molecule has 102 valence electrons. The molecule has 0 aliphatic carbocycles. The monoisotopic (exact) mass is 252 g/mol. The summed E-state index contributed by atoms with van der Waals surface area (Å²) in [4.78, 5) is 2.09. The number of benzene rings is 1. The lowest BCUT2D eigenvalue weighted by Gasteiger charge is -2.21. The van der Waals surface area contributed by atoms with Gasteiger partial charge in [0, 0.05) is 24.7 Å². The van der Waals surface area contributed by atoms with E-state index in [1.165, 1.54) is 11.1 Å². The molecule has 4 nitrogen and oxygen atoms in total. The van der Waals surface area contributed by atoms with Gasteiger partial charge in [-0.05, 0) is 38.1 Å². The minimum atomic E-state index is -0.201. The van der Waals surface area contributed by atoms with Gasteiger partial charge in [-0.3, -0.25) is 0 Å². The molecule has 0 aliphatic rings. The van der Waals surface area contributed by atoms with Crippen molar-refractivity contribution in [1.29, 1.82) is 0 Å². The Morgan fingerprint density at radius 3 is 2.50 bits per heavy atom. The highest BCUT2D eigenvalue weighted by Crippen LogP contribution is 2.24. The van der Waals surface area contributed by atoms with Crippen LogP contribution in [0, 0.1) is 13.8 Å². The second kappa shape index (κ2) is 6.73. The van der Waals surface area contributed by atoms with E-state index in [-0.39, 0.29) is 12.6 Å². The molecule has 1 atom stereocenters. The van der Waals surface area contributed by atoms with Crippen molar-refractivity contribution >= 4 is 0 Å². The fourth-order valence-corrected chi connectivity index (χ4v) is 1.98. The van der Waals surface area contributed by atoms with Crippen LogP contribution < -0.4 is 10.5 Å². The average molecular weight is 252 g/mol. The number of nitrogens with two attached hydrogens (primary N) is 1. The van der Waals surface area contributed by atoms with Gasteiger partial charge in [-0.2, -0.15) is 0 Å². The number of aliphatic hydroxyl groups is 1. The molecule has 0 saturated heterocycles. The van der Waals surface area contributed by atoms with E-state index in [0.717, 1.165) is 17.9 Å². The topological polar surface area (TPSA) is 58.7 Å². The van der Waals surface area contributed by atoms with Gasteiger partial charge in [0.2, 0.25) is 0 Å². The van der Waals surface area contributed by atoms with E-state index in [1.54, 1.807) is 7.11 Å². The quantitative estimate of drug-likeness (QED) is 0.795. The van der Waals surface area contributed by atoms with Gasteiger partial charge in [-0.15, -0.1) is 0 Å². The standard InChI is InChI=1S/C14H24N2O2/c1-10-5-12(14(18-4)6-11(10)2)7-16(3)8-13(15)9-17/h5-6,13,17H,7-9,15H2,1-4H3. The average Bonchev–Trinajstić information content (AvgIpc) is 2.33. The normalized spacial score (nSPS) is 12.8.